The maximum atomic E-state index is 4.32. The molecule has 84 valence electrons. The summed E-state index contributed by atoms with van der Waals surface area (Å²) in [6, 6.07) is 10.8. The Balaban J connectivity index is 2.03. The van der Waals surface area contributed by atoms with Crippen LogP contribution < -0.4 is 5.32 Å². The monoisotopic (exact) mass is 215 g/mol. The van der Waals surface area contributed by atoms with Crippen molar-refractivity contribution in [2.75, 3.05) is 5.32 Å². The Morgan fingerprint density at radius 3 is 2.69 bits per heavy atom. The van der Waals surface area contributed by atoms with Gasteiger partial charge in [0.1, 0.15) is 0 Å². The van der Waals surface area contributed by atoms with E-state index >= 15 is 0 Å². The molecule has 0 atom stereocenters. The van der Waals surface area contributed by atoms with Crippen molar-refractivity contribution in [2.24, 2.45) is 0 Å². The summed E-state index contributed by atoms with van der Waals surface area (Å²) in [6.07, 6.45) is 3.90. The van der Waals surface area contributed by atoms with Crippen molar-refractivity contribution >= 4 is 5.69 Å². The minimum Gasteiger partial charge on any atom is -0.380 e. The topological polar surface area (TPSA) is 29.9 Å². The van der Waals surface area contributed by atoms with Crippen LogP contribution in [0.2, 0.25) is 0 Å². The number of anilines is 1. The van der Waals surface area contributed by atoms with Crippen LogP contribution in [-0.4, -0.2) is 15.8 Å². The van der Waals surface area contributed by atoms with Gasteiger partial charge in [0.15, 0.2) is 0 Å². The summed E-state index contributed by atoms with van der Waals surface area (Å²) in [5, 5.41) is 7.65. The van der Waals surface area contributed by atoms with Gasteiger partial charge in [-0.1, -0.05) is 30.3 Å². The second-order valence-electron chi connectivity index (χ2n) is 4.21. The first-order chi connectivity index (χ1) is 7.74. The zero-order valence-corrected chi connectivity index (χ0v) is 9.72. The lowest BCUT2D eigenvalue weighted by molar-refractivity contribution is 0.687. The average Bonchev–Trinajstić information content (AvgIpc) is 2.66. The third-order valence-corrected chi connectivity index (χ3v) is 2.28. The molecule has 0 spiro atoms. The number of nitrogens with zero attached hydrogens (tertiary/aromatic N) is 2. The van der Waals surface area contributed by atoms with E-state index in [0.29, 0.717) is 6.04 Å². The molecular weight excluding hydrogens is 198 g/mol. The van der Waals surface area contributed by atoms with Crippen molar-refractivity contribution in [2.45, 2.75) is 26.4 Å². The second-order valence-corrected chi connectivity index (χ2v) is 4.21. The van der Waals surface area contributed by atoms with Crippen LogP contribution in [0.3, 0.4) is 0 Å². The van der Waals surface area contributed by atoms with Gasteiger partial charge in [0, 0.05) is 12.2 Å². The van der Waals surface area contributed by atoms with Gasteiger partial charge in [-0.15, -0.1) is 0 Å². The van der Waals surface area contributed by atoms with Crippen LogP contribution in [0.4, 0.5) is 5.69 Å². The largest absolute Gasteiger partial charge is 0.380 e. The molecule has 0 aliphatic heterocycles. The second kappa shape index (κ2) is 4.84. The van der Waals surface area contributed by atoms with E-state index in [2.05, 4.69) is 36.4 Å². The molecule has 2 aromatic rings. The van der Waals surface area contributed by atoms with Gasteiger partial charge in [-0.3, -0.25) is 4.68 Å². The van der Waals surface area contributed by atoms with Crippen LogP contribution in [0.5, 0.6) is 0 Å². The molecule has 1 aromatic heterocycles. The molecule has 0 unspecified atom stereocenters. The van der Waals surface area contributed by atoms with E-state index in [1.54, 1.807) is 0 Å². The van der Waals surface area contributed by atoms with Crippen molar-refractivity contribution in [1.29, 1.82) is 0 Å². The normalized spacial score (nSPS) is 10.7. The molecule has 0 saturated carbocycles. The van der Waals surface area contributed by atoms with E-state index < -0.39 is 0 Å². The van der Waals surface area contributed by atoms with Gasteiger partial charge in [-0.25, -0.2) is 0 Å². The number of hydrogen-bond donors (Lipinski definition) is 1. The standard InChI is InChI=1S/C13H17N3/c1-11(2)15-13-8-14-16(10-13)9-12-6-4-3-5-7-12/h3-8,10-11,15H,9H2,1-2H3. The zero-order chi connectivity index (χ0) is 11.4. The fraction of sp³-hybridized carbons (Fsp3) is 0.308. The molecule has 0 bridgehead atoms. The summed E-state index contributed by atoms with van der Waals surface area (Å²) in [4.78, 5) is 0. The van der Waals surface area contributed by atoms with Crippen LogP contribution in [0, 0.1) is 0 Å². The Labute approximate surface area is 96.1 Å². The molecular formula is C13H17N3. The van der Waals surface area contributed by atoms with Gasteiger partial charge in [-0.05, 0) is 19.4 Å². The van der Waals surface area contributed by atoms with Gasteiger partial charge < -0.3 is 5.32 Å². The lowest BCUT2D eigenvalue weighted by atomic mass is 10.2. The lowest BCUT2D eigenvalue weighted by Gasteiger charge is -2.05. The fourth-order valence-electron chi connectivity index (χ4n) is 1.63. The number of nitrogens with one attached hydrogen (secondary N) is 1. The third-order valence-electron chi connectivity index (χ3n) is 2.28. The summed E-state index contributed by atoms with van der Waals surface area (Å²) in [6.45, 7) is 5.06. The van der Waals surface area contributed by atoms with Crippen LogP contribution in [0.25, 0.3) is 0 Å². The minimum atomic E-state index is 0.439. The quantitative estimate of drug-likeness (QED) is 0.850. The van der Waals surface area contributed by atoms with Gasteiger partial charge in [0.05, 0.1) is 18.4 Å². The van der Waals surface area contributed by atoms with E-state index in [1.165, 1.54) is 5.56 Å². The van der Waals surface area contributed by atoms with Gasteiger partial charge in [-0.2, -0.15) is 5.10 Å². The van der Waals surface area contributed by atoms with Crippen molar-refractivity contribution in [3.63, 3.8) is 0 Å². The van der Waals surface area contributed by atoms with Crippen molar-refractivity contribution < 1.29 is 0 Å². The molecule has 3 nitrogen and oxygen atoms in total. The van der Waals surface area contributed by atoms with Gasteiger partial charge in [0.25, 0.3) is 0 Å². The molecule has 0 aliphatic rings. The molecule has 0 radical (unpaired) electrons. The predicted molar refractivity (Wildman–Crippen MR) is 66.5 cm³/mol. The fourth-order valence-corrected chi connectivity index (χ4v) is 1.63. The van der Waals surface area contributed by atoms with E-state index in [9.17, 15) is 0 Å². The average molecular weight is 215 g/mol. The minimum absolute atomic E-state index is 0.439. The predicted octanol–water partition coefficient (Wildman–Crippen LogP) is 2.75. The Morgan fingerprint density at radius 1 is 1.25 bits per heavy atom. The molecule has 0 aliphatic carbocycles. The first-order valence-electron chi connectivity index (χ1n) is 5.57. The lowest BCUT2D eigenvalue weighted by Crippen LogP contribution is -2.08. The smallest absolute Gasteiger partial charge is 0.0728 e. The number of hydrogen-bond acceptors (Lipinski definition) is 2. The first kappa shape index (κ1) is 10.7. The molecule has 0 amide bonds. The number of rotatable bonds is 4. The molecule has 3 heteroatoms. The first-order valence-corrected chi connectivity index (χ1v) is 5.57. The van der Waals surface area contributed by atoms with Gasteiger partial charge in [0.2, 0.25) is 0 Å². The highest BCUT2D eigenvalue weighted by Gasteiger charge is 2.00. The van der Waals surface area contributed by atoms with E-state index in [-0.39, 0.29) is 0 Å². The molecule has 0 saturated heterocycles. The van der Waals surface area contributed by atoms with Crippen LogP contribution >= 0.6 is 0 Å². The van der Waals surface area contributed by atoms with Crippen molar-refractivity contribution in [3.8, 4) is 0 Å². The van der Waals surface area contributed by atoms with Crippen molar-refractivity contribution in [1.82, 2.24) is 9.78 Å². The Kier molecular flexibility index (Phi) is 3.25. The molecule has 0 fully saturated rings. The molecule has 2 rings (SSSR count). The van der Waals surface area contributed by atoms with E-state index in [0.717, 1.165) is 12.2 Å². The molecule has 1 aromatic carbocycles. The summed E-state index contributed by atoms with van der Waals surface area (Å²) < 4.78 is 1.94. The highest BCUT2D eigenvalue weighted by molar-refractivity contribution is 5.39. The molecule has 1 heterocycles. The van der Waals surface area contributed by atoms with Crippen LogP contribution in [0.1, 0.15) is 19.4 Å². The molecule has 16 heavy (non-hydrogen) atoms. The van der Waals surface area contributed by atoms with E-state index in [1.807, 2.05) is 35.3 Å². The summed E-state index contributed by atoms with van der Waals surface area (Å²) in [5.74, 6) is 0. The Hall–Kier alpha value is -1.77. The van der Waals surface area contributed by atoms with Gasteiger partial charge >= 0.3 is 0 Å². The van der Waals surface area contributed by atoms with Crippen LogP contribution in [-0.2, 0) is 6.54 Å². The summed E-state index contributed by atoms with van der Waals surface area (Å²) >= 11 is 0. The zero-order valence-electron chi connectivity index (χ0n) is 9.72. The van der Waals surface area contributed by atoms with Crippen LogP contribution in [0.15, 0.2) is 42.7 Å². The highest BCUT2D eigenvalue weighted by Crippen LogP contribution is 2.08. The van der Waals surface area contributed by atoms with Crippen molar-refractivity contribution in [3.05, 3.63) is 48.3 Å². The SMILES string of the molecule is CC(C)Nc1cnn(Cc2ccccc2)c1. The Morgan fingerprint density at radius 2 is 2.00 bits per heavy atom. The summed E-state index contributed by atoms with van der Waals surface area (Å²) in [5.41, 5.74) is 2.34. The third kappa shape index (κ3) is 2.86. The Bertz CT molecular complexity index is 431. The number of aromatic nitrogens is 2. The molecule has 1 N–H and O–H groups in total. The summed E-state index contributed by atoms with van der Waals surface area (Å²) in [7, 11) is 0. The maximum Gasteiger partial charge on any atom is 0.0728 e. The van der Waals surface area contributed by atoms with E-state index in [4.69, 9.17) is 0 Å². The highest BCUT2D eigenvalue weighted by atomic mass is 15.3. The maximum absolute atomic E-state index is 4.32. The number of benzene rings is 1.